The zero-order valence-corrected chi connectivity index (χ0v) is 11.7. The number of carbonyl (C=O) groups excluding carboxylic acids is 1. The van der Waals surface area contributed by atoms with E-state index in [4.69, 9.17) is 16.0 Å². The molecule has 2 aromatic rings. The molecule has 1 saturated heterocycles. The average Bonchev–Trinajstić information content (AvgIpc) is 3.01. The predicted molar refractivity (Wildman–Crippen MR) is 78.3 cm³/mol. The molecule has 2 heterocycles. The van der Waals surface area contributed by atoms with Gasteiger partial charge in [-0.05, 0) is 24.3 Å². The van der Waals surface area contributed by atoms with Gasteiger partial charge in [0, 0.05) is 36.9 Å². The lowest BCUT2D eigenvalue weighted by molar-refractivity contribution is 0.0746. The zero-order chi connectivity index (χ0) is 13.9. The van der Waals surface area contributed by atoms with Crippen molar-refractivity contribution in [3.63, 3.8) is 0 Å². The average molecular weight is 291 g/mol. The largest absolute Gasteiger partial charge is 0.472 e. The Hall–Kier alpha value is -1.94. The minimum atomic E-state index is 0.0319. The van der Waals surface area contributed by atoms with E-state index in [1.165, 1.54) is 12.5 Å². The molecule has 0 spiro atoms. The molecule has 5 heteroatoms. The van der Waals surface area contributed by atoms with Gasteiger partial charge in [-0.25, -0.2) is 0 Å². The summed E-state index contributed by atoms with van der Waals surface area (Å²) in [7, 11) is 0. The monoisotopic (exact) mass is 290 g/mol. The third kappa shape index (κ3) is 2.65. The Balaban J connectivity index is 1.64. The molecular formula is C15H15ClN2O2. The number of nitrogens with zero attached hydrogens (tertiary/aromatic N) is 2. The molecule has 1 aromatic heterocycles. The first-order chi connectivity index (χ1) is 9.74. The van der Waals surface area contributed by atoms with Crippen LogP contribution < -0.4 is 4.90 Å². The van der Waals surface area contributed by atoms with E-state index in [0.29, 0.717) is 18.7 Å². The highest BCUT2D eigenvalue weighted by molar-refractivity contribution is 6.30. The van der Waals surface area contributed by atoms with Gasteiger partial charge in [0.05, 0.1) is 11.8 Å². The molecule has 0 atom stereocenters. The molecule has 0 radical (unpaired) electrons. The molecule has 1 aromatic carbocycles. The summed E-state index contributed by atoms with van der Waals surface area (Å²) in [4.78, 5) is 16.3. The van der Waals surface area contributed by atoms with Crippen LogP contribution in [0.25, 0.3) is 0 Å². The Morgan fingerprint density at radius 2 is 1.95 bits per heavy atom. The molecule has 0 N–H and O–H groups in total. The Bertz CT molecular complexity index is 590. The molecule has 1 aliphatic heterocycles. The minimum Gasteiger partial charge on any atom is -0.472 e. The molecule has 1 aliphatic rings. The molecular weight excluding hydrogens is 276 g/mol. The van der Waals surface area contributed by atoms with Crippen molar-refractivity contribution >= 4 is 23.2 Å². The molecule has 0 saturated carbocycles. The van der Waals surface area contributed by atoms with Gasteiger partial charge in [0.2, 0.25) is 0 Å². The minimum absolute atomic E-state index is 0.0319. The molecule has 0 bridgehead atoms. The molecule has 104 valence electrons. The molecule has 1 fully saturated rings. The zero-order valence-electron chi connectivity index (χ0n) is 11.0. The van der Waals surface area contributed by atoms with E-state index in [0.717, 1.165) is 23.8 Å². The third-order valence-corrected chi connectivity index (χ3v) is 3.74. The quantitative estimate of drug-likeness (QED) is 0.853. The number of furan rings is 1. The van der Waals surface area contributed by atoms with Crippen molar-refractivity contribution < 1.29 is 9.21 Å². The van der Waals surface area contributed by atoms with E-state index in [-0.39, 0.29) is 5.91 Å². The maximum atomic E-state index is 12.2. The lowest BCUT2D eigenvalue weighted by Gasteiger charge is -2.36. The fourth-order valence-corrected chi connectivity index (χ4v) is 2.59. The number of hydrogen-bond donors (Lipinski definition) is 0. The van der Waals surface area contributed by atoms with Crippen LogP contribution >= 0.6 is 11.6 Å². The van der Waals surface area contributed by atoms with Gasteiger partial charge in [0.15, 0.2) is 0 Å². The van der Waals surface area contributed by atoms with Gasteiger partial charge < -0.3 is 14.2 Å². The molecule has 0 unspecified atom stereocenters. The summed E-state index contributed by atoms with van der Waals surface area (Å²) in [6.07, 6.45) is 3.02. The summed E-state index contributed by atoms with van der Waals surface area (Å²) >= 11 is 6.01. The van der Waals surface area contributed by atoms with Crippen LogP contribution in [0, 0.1) is 0 Å². The first kappa shape index (κ1) is 13.1. The van der Waals surface area contributed by atoms with Crippen LogP contribution in [0.5, 0.6) is 0 Å². The first-order valence-corrected chi connectivity index (χ1v) is 6.94. The number of amides is 1. The van der Waals surface area contributed by atoms with Crippen LogP contribution in [-0.2, 0) is 0 Å². The van der Waals surface area contributed by atoms with Crippen LogP contribution in [0.1, 0.15) is 10.4 Å². The van der Waals surface area contributed by atoms with Crippen LogP contribution in [-0.4, -0.2) is 37.0 Å². The summed E-state index contributed by atoms with van der Waals surface area (Å²) in [5.41, 5.74) is 1.72. The van der Waals surface area contributed by atoms with Crippen molar-refractivity contribution in [3.8, 4) is 0 Å². The van der Waals surface area contributed by atoms with Gasteiger partial charge in [-0.3, -0.25) is 4.79 Å². The maximum absolute atomic E-state index is 12.2. The topological polar surface area (TPSA) is 36.7 Å². The second-order valence-electron chi connectivity index (χ2n) is 4.77. The van der Waals surface area contributed by atoms with Gasteiger partial charge in [0.25, 0.3) is 5.91 Å². The lowest BCUT2D eigenvalue weighted by Crippen LogP contribution is -2.48. The van der Waals surface area contributed by atoms with E-state index in [9.17, 15) is 4.79 Å². The predicted octanol–water partition coefficient (Wildman–Crippen LogP) is 2.90. The summed E-state index contributed by atoms with van der Waals surface area (Å²) in [6, 6.07) is 9.50. The third-order valence-electron chi connectivity index (χ3n) is 3.51. The number of benzene rings is 1. The standard InChI is InChI=1S/C15H15ClN2O2/c16-13-2-1-3-14(10-13)17-5-7-18(8-6-17)15(19)12-4-9-20-11-12/h1-4,9-11H,5-8H2. The van der Waals surface area contributed by atoms with Gasteiger partial charge >= 0.3 is 0 Å². The van der Waals surface area contributed by atoms with E-state index >= 15 is 0 Å². The van der Waals surface area contributed by atoms with Gasteiger partial charge in [0.1, 0.15) is 6.26 Å². The summed E-state index contributed by atoms with van der Waals surface area (Å²) in [5, 5.41) is 0.736. The first-order valence-electron chi connectivity index (χ1n) is 6.56. The van der Waals surface area contributed by atoms with Crippen molar-refractivity contribution in [2.75, 3.05) is 31.1 Å². The van der Waals surface area contributed by atoms with Crippen molar-refractivity contribution in [1.29, 1.82) is 0 Å². The van der Waals surface area contributed by atoms with Crippen molar-refractivity contribution in [2.45, 2.75) is 0 Å². The van der Waals surface area contributed by atoms with Crippen LogP contribution in [0.3, 0.4) is 0 Å². The number of hydrogen-bond acceptors (Lipinski definition) is 3. The number of rotatable bonds is 2. The van der Waals surface area contributed by atoms with Gasteiger partial charge in [-0.2, -0.15) is 0 Å². The normalized spacial score (nSPS) is 15.4. The lowest BCUT2D eigenvalue weighted by atomic mass is 10.2. The molecule has 0 aliphatic carbocycles. The maximum Gasteiger partial charge on any atom is 0.257 e. The Morgan fingerprint density at radius 3 is 2.60 bits per heavy atom. The molecule has 20 heavy (non-hydrogen) atoms. The van der Waals surface area contributed by atoms with Gasteiger partial charge in [-0.15, -0.1) is 0 Å². The van der Waals surface area contributed by atoms with Crippen LogP contribution in [0.2, 0.25) is 5.02 Å². The van der Waals surface area contributed by atoms with E-state index in [1.807, 2.05) is 29.2 Å². The summed E-state index contributed by atoms with van der Waals surface area (Å²) in [5.74, 6) is 0.0319. The van der Waals surface area contributed by atoms with E-state index < -0.39 is 0 Å². The number of carbonyl (C=O) groups is 1. The van der Waals surface area contributed by atoms with Gasteiger partial charge in [-0.1, -0.05) is 17.7 Å². The van der Waals surface area contributed by atoms with Crippen LogP contribution in [0.4, 0.5) is 5.69 Å². The number of anilines is 1. The van der Waals surface area contributed by atoms with Crippen molar-refractivity contribution in [3.05, 3.63) is 53.4 Å². The number of halogens is 1. The highest BCUT2D eigenvalue weighted by Gasteiger charge is 2.22. The Kier molecular flexibility index (Phi) is 3.65. The van der Waals surface area contributed by atoms with Crippen LogP contribution in [0.15, 0.2) is 47.3 Å². The molecule has 1 amide bonds. The fourth-order valence-electron chi connectivity index (χ4n) is 2.41. The second-order valence-corrected chi connectivity index (χ2v) is 5.21. The fraction of sp³-hybridized carbons (Fsp3) is 0.267. The Labute approximate surface area is 122 Å². The SMILES string of the molecule is O=C(c1ccoc1)N1CCN(c2cccc(Cl)c2)CC1. The highest BCUT2D eigenvalue weighted by atomic mass is 35.5. The second kappa shape index (κ2) is 5.59. The molecule has 4 nitrogen and oxygen atoms in total. The number of piperazine rings is 1. The van der Waals surface area contributed by atoms with Crippen molar-refractivity contribution in [1.82, 2.24) is 4.90 Å². The van der Waals surface area contributed by atoms with E-state index in [2.05, 4.69) is 4.90 Å². The highest BCUT2D eigenvalue weighted by Crippen LogP contribution is 2.21. The molecule has 3 rings (SSSR count). The van der Waals surface area contributed by atoms with E-state index in [1.54, 1.807) is 6.07 Å². The van der Waals surface area contributed by atoms with Crippen molar-refractivity contribution in [2.24, 2.45) is 0 Å². The summed E-state index contributed by atoms with van der Waals surface area (Å²) < 4.78 is 4.96. The Morgan fingerprint density at radius 1 is 1.15 bits per heavy atom. The smallest absolute Gasteiger partial charge is 0.257 e. The summed E-state index contributed by atoms with van der Waals surface area (Å²) in [6.45, 7) is 3.03.